The maximum Gasteiger partial charge on any atom is 0.0632 e. The Bertz CT molecular complexity index is 270. The van der Waals surface area contributed by atoms with Crippen LogP contribution in [0.25, 0.3) is 0 Å². The number of hydrogen-bond acceptors (Lipinski definition) is 3. The molecule has 1 saturated heterocycles. The van der Waals surface area contributed by atoms with Crippen molar-refractivity contribution in [3.8, 4) is 0 Å². The maximum absolute atomic E-state index is 9.89. The van der Waals surface area contributed by atoms with Crippen molar-refractivity contribution in [2.45, 2.75) is 18.9 Å². The van der Waals surface area contributed by atoms with Gasteiger partial charge in [0.15, 0.2) is 0 Å². The molecule has 0 amide bonds. The molecule has 0 bridgehead atoms. The molecule has 1 aromatic rings. The van der Waals surface area contributed by atoms with E-state index in [9.17, 15) is 5.11 Å². The third-order valence-electron chi connectivity index (χ3n) is 2.68. The lowest BCUT2D eigenvalue weighted by atomic mass is 9.96. The van der Waals surface area contributed by atoms with E-state index in [1.54, 1.807) is 12.4 Å². The molecular formula is C11H15NO2. The molecule has 0 aromatic carbocycles. The van der Waals surface area contributed by atoms with Gasteiger partial charge in [-0.3, -0.25) is 4.98 Å². The van der Waals surface area contributed by atoms with Crippen LogP contribution < -0.4 is 0 Å². The molecule has 0 aliphatic carbocycles. The number of nitrogens with zero attached hydrogens (tertiary/aromatic N) is 1. The number of pyridine rings is 1. The topological polar surface area (TPSA) is 42.4 Å². The second-order valence-electron chi connectivity index (χ2n) is 3.76. The van der Waals surface area contributed by atoms with Crippen LogP contribution in [0.4, 0.5) is 0 Å². The van der Waals surface area contributed by atoms with Crippen LogP contribution in [0.3, 0.4) is 0 Å². The summed E-state index contributed by atoms with van der Waals surface area (Å²) in [4.78, 5) is 4.02. The molecule has 0 spiro atoms. The Balaban J connectivity index is 1.90. The molecule has 1 aliphatic rings. The van der Waals surface area contributed by atoms with Crippen LogP contribution in [0, 0.1) is 5.92 Å². The Morgan fingerprint density at radius 3 is 3.21 bits per heavy atom. The Labute approximate surface area is 83.7 Å². The van der Waals surface area contributed by atoms with Crippen molar-refractivity contribution >= 4 is 0 Å². The van der Waals surface area contributed by atoms with Crippen LogP contribution in [0.15, 0.2) is 24.5 Å². The molecule has 2 heterocycles. The average molecular weight is 193 g/mol. The van der Waals surface area contributed by atoms with Crippen molar-refractivity contribution in [3.05, 3.63) is 30.1 Å². The molecule has 76 valence electrons. The zero-order chi connectivity index (χ0) is 9.80. The lowest BCUT2D eigenvalue weighted by Crippen LogP contribution is -2.22. The number of ether oxygens (including phenoxy) is 1. The normalized spacial score (nSPS) is 23.6. The predicted octanol–water partition coefficient (Wildman–Crippen LogP) is 1.02. The van der Waals surface area contributed by atoms with Gasteiger partial charge in [0.25, 0.3) is 0 Å². The first kappa shape index (κ1) is 9.62. The van der Waals surface area contributed by atoms with Gasteiger partial charge in [-0.05, 0) is 18.1 Å². The van der Waals surface area contributed by atoms with Gasteiger partial charge >= 0.3 is 0 Å². The van der Waals surface area contributed by atoms with Crippen molar-refractivity contribution in [3.63, 3.8) is 0 Å². The summed E-state index contributed by atoms with van der Waals surface area (Å²) >= 11 is 0. The van der Waals surface area contributed by atoms with E-state index in [1.807, 2.05) is 12.1 Å². The SMILES string of the molecule is OC(Cc1cccnc1)C1CCOC1. The summed E-state index contributed by atoms with van der Waals surface area (Å²) in [5, 5.41) is 9.89. The minimum absolute atomic E-state index is 0.290. The van der Waals surface area contributed by atoms with Crippen LogP contribution in [-0.2, 0) is 11.2 Å². The van der Waals surface area contributed by atoms with Crippen molar-refractivity contribution in [2.75, 3.05) is 13.2 Å². The highest BCUT2D eigenvalue weighted by Crippen LogP contribution is 2.19. The first-order chi connectivity index (χ1) is 6.86. The molecule has 0 radical (unpaired) electrons. The van der Waals surface area contributed by atoms with Crippen LogP contribution in [-0.4, -0.2) is 29.4 Å². The lowest BCUT2D eigenvalue weighted by Gasteiger charge is -2.15. The van der Waals surface area contributed by atoms with E-state index in [2.05, 4.69) is 4.98 Å². The van der Waals surface area contributed by atoms with Gasteiger partial charge in [0.05, 0.1) is 12.7 Å². The Hall–Kier alpha value is -0.930. The smallest absolute Gasteiger partial charge is 0.0632 e. The fraction of sp³-hybridized carbons (Fsp3) is 0.545. The molecule has 3 heteroatoms. The highest BCUT2D eigenvalue weighted by atomic mass is 16.5. The summed E-state index contributed by atoms with van der Waals surface area (Å²) in [6.45, 7) is 1.48. The highest BCUT2D eigenvalue weighted by Gasteiger charge is 2.23. The summed E-state index contributed by atoms with van der Waals surface area (Å²) in [6.07, 6.45) is 4.92. The Kier molecular flexibility index (Phi) is 3.11. The molecule has 2 rings (SSSR count). The van der Waals surface area contributed by atoms with Gasteiger partial charge in [-0.2, -0.15) is 0 Å². The molecule has 2 unspecified atom stereocenters. The van der Waals surface area contributed by atoms with E-state index in [0.717, 1.165) is 18.6 Å². The van der Waals surface area contributed by atoms with Gasteiger partial charge in [0, 0.05) is 31.3 Å². The van der Waals surface area contributed by atoms with Crippen LogP contribution in [0.1, 0.15) is 12.0 Å². The summed E-state index contributed by atoms with van der Waals surface area (Å²) in [5.74, 6) is 0.301. The fourth-order valence-corrected chi connectivity index (χ4v) is 1.78. The van der Waals surface area contributed by atoms with E-state index < -0.39 is 0 Å². The second kappa shape index (κ2) is 4.53. The molecule has 1 aliphatic heterocycles. The summed E-state index contributed by atoms with van der Waals surface area (Å²) in [7, 11) is 0. The molecule has 1 aromatic heterocycles. The molecule has 3 nitrogen and oxygen atoms in total. The number of rotatable bonds is 3. The first-order valence-corrected chi connectivity index (χ1v) is 5.01. The quantitative estimate of drug-likeness (QED) is 0.779. The van der Waals surface area contributed by atoms with Gasteiger partial charge in [-0.15, -0.1) is 0 Å². The second-order valence-corrected chi connectivity index (χ2v) is 3.76. The molecule has 0 saturated carbocycles. The first-order valence-electron chi connectivity index (χ1n) is 5.01. The fourth-order valence-electron chi connectivity index (χ4n) is 1.78. The summed E-state index contributed by atoms with van der Waals surface area (Å²) in [5.41, 5.74) is 1.09. The maximum atomic E-state index is 9.89. The predicted molar refractivity (Wildman–Crippen MR) is 52.9 cm³/mol. The minimum atomic E-state index is -0.290. The van der Waals surface area contributed by atoms with Crippen molar-refractivity contribution in [1.82, 2.24) is 4.98 Å². The van der Waals surface area contributed by atoms with Crippen molar-refractivity contribution in [2.24, 2.45) is 5.92 Å². The van der Waals surface area contributed by atoms with E-state index in [-0.39, 0.29) is 6.10 Å². The van der Waals surface area contributed by atoms with Crippen LogP contribution in [0.5, 0.6) is 0 Å². The Morgan fingerprint density at radius 2 is 2.57 bits per heavy atom. The molecule has 1 N–H and O–H groups in total. The van der Waals surface area contributed by atoms with Crippen molar-refractivity contribution < 1.29 is 9.84 Å². The minimum Gasteiger partial charge on any atom is -0.392 e. The number of aliphatic hydroxyl groups excluding tert-OH is 1. The van der Waals surface area contributed by atoms with E-state index in [4.69, 9.17) is 4.74 Å². The van der Waals surface area contributed by atoms with Gasteiger partial charge in [0.2, 0.25) is 0 Å². The van der Waals surface area contributed by atoms with Gasteiger partial charge in [-0.1, -0.05) is 6.07 Å². The third-order valence-corrected chi connectivity index (χ3v) is 2.68. The summed E-state index contributed by atoms with van der Waals surface area (Å²) in [6, 6.07) is 3.89. The zero-order valence-electron chi connectivity index (χ0n) is 8.10. The van der Waals surface area contributed by atoms with Gasteiger partial charge in [-0.25, -0.2) is 0 Å². The number of aliphatic hydroxyl groups is 1. The van der Waals surface area contributed by atoms with Gasteiger partial charge in [0.1, 0.15) is 0 Å². The van der Waals surface area contributed by atoms with E-state index in [0.29, 0.717) is 18.9 Å². The van der Waals surface area contributed by atoms with E-state index in [1.165, 1.54) is 0 Å². The molecule has 14 heavy (non-hydrogen) atoms. The van der Waals surface area contributed by atoms with Gasteiger partial charge < -0.3 is 9.84 Å². The van der Waals surface area contributed by atoms with Crippen molar-refractivity contribution in [1.29, 1.82) is 0 Å². The average Bonchev–Trinajstić information content (AvgIpc) is 2.72. The molecule has 1 fully saturated rings. The van der Waals surface area contributed by atoms with Crippen LogP contribution in [0.2, 0.25) is 0 Å². The monoisotopic (exact) mass is 193 g/mol. The number of aromatic nitrogens is 1. The zero-order valence-corrected chi connectivity index (χ0v) is 8.10. The summed E-state index contributed by atoms with van der Waals surface area (Å²) < 4.78 is 5.24. The Morgan fingerprint density at radius 1 is 1.64 bits per heavy atom. The standard InChI is InChI=1S/C11H15NO2/c13-11(10-3-5-14-8-10)6-9-2-1-4-12-7-9/h1-2,4,7,10-11,13H,3,5-6,8H2. The molecule has 2 atom stereocenters. The highest BCUT2D eigenvalue weighted by molar-refractivity contribution is 5.09. The van der Waals surface area contributed by atoms with Crippen LogP contribution >= 0.6 is 0 Å². The molecular weight excluding hydrogens is 178 g/mol. The lowest BCUT2D eigenvalue weighted by molar-refractivity contribution is 0.0918. The third kappa shape index (κ3) is 2.30. The number of hydrogen-bond donors (Lipinski definition) is 1. The van der Waals surface area contributed by atoms with E-state index >= 15 is 0 Å². The largest absolute Gasteiger partial charge is 0.392 e.